The Hall–Kier alpha value is -0.835. The summed E-state index contributed by atoms with van der Waals surface area (Å²) in [6.07, 6.45) is 2.11. The molecule has 1 N–H and O–H groups in total. The van der Waals surface area contributed by atoms with Gasteiger partial charge in [0.05, 0.1) is 6.61 Å². The van der Waals surface area contributed by atoms with Gasteiger partial charge in [-0.3, -0.25) is 4.81 Å². The lowest BCUT2D eigenvalue weighted by molar-refractivity contribution is -0.230. The molecule has 0 bridgehead atoms. The van der Waals surface area contributed by atoms with Crippen LogP contribution in [-0.2, 0) is 9.69 Å². The summed E-state index contributed by atoms with van der Waals surface area (Å²) >= 11 is 0. The van der Waals surface area contributed by atoms with Gasteiger partial charge in [0, 0.05) is 0 Å². The van der Waals surface area contributed by atoms with Crippen molar-refractivity contribution in [3.63, 3.8) is 0 Å². The summed E-state index contributed by atoms with van der Waals surface area (Å²) in [5.74, 6) is 0.489. The van der Waals surface area contributed by atoms with E-state index in [2.05, 4.69) is 13.8 Å². The molecule has 0 spiro atoms. The van der Waals surface area contributed by atoms with Crippen LogP contribution in [-0.4, -0.2) is 18.7 Å². The molecule has 0 radical (unpaired) electrons. The molecule has 0 saturated carbocycles. The molecule has 0 aliphatic rings. The lowest BCUT2D eigenvalue weighted by Gasteiger charge is -2.13. The molecule has 1 aromatic rings. The first-order valence-corrected chi connectivity index (χ1v) is 5.79. The molecule has 3 nitrogen and oxygen atoms in total. The molecule has 0 fully saturated rings. The zero-order valence-corrected chi connectivity index (χ0v) is 9.93. The maximum absolute atomic E-state index is 9.63. The van der Waals surface area contributed by atoms with Gasteiger partial charge in [-0.15, -0.1) is 0 Å². The van der Waals surface area contributed by atoms with E-state index >= 15 is 0 Å². The van der Waals surface area contributed by atoms with Crippen LogP contribution in [0.3, 0.4) is 0 Å². The number of benzene rings is 1. The minimum absolute atomic E-state index is 0.489. The molecule has 0 amide bonds. The van der Waals surface area contributed by atoms with E-state index in [1.54, 1.807) is 12.1 Å². The monoisotopic (exact) mass is 222 g/mol. The molecule has 16 heavy (non-hydrogen) atoms. The van der Waals surface area contributed by atoms with Gasteiger partial charge < -0.3 is 5.02 Å². The molecule has 0 saturated heterocycles. The third-order valence-corrected chi connectivity index (χ3v) is 2.70. The smallest absolute Gasteiger partial charge is 0.422 e. The van der Waals surface area contributed by atoms with E-state index in [4.69, 9.17) is 9.69 Å². The van der Waals surface area contributed by atoms with Crippen LogP contribution in [0.2, 0.25) is 0 Å². The van der Waals surface area contributed by atoms with Crippen molar-refractivity contribution in [3.8, 4) is 0 Å². The van der Waals surface area contributed by atoms with E-state index < -0.39 is 7.12 Å². The maximum Gasteiger partial charge on any atom is 0.523 e. The molecule has 0 aliphatic heterocycles. The standard InChI is InChI=1S/C12H19BO3/c1-3-11(4-2)10-15-16-13(14)12-8-6-5-7-9-12/h5-9,11,14H,3-4,10H2,1-2H3. The van der Waals surface area contributed by atoms with Gasteiger partial charge in [0.15, 0.2) is 0 Å². The van der Waals surface area contributed by atoms with Crippen molar-refractivity contribution in [1.82, 2.24) is 0 Å². The van der Waals surface area contributed by atoms with Crippen molar-refractivity contribution in [2.45, 2.75) is 26.7 Å². The van der Waals surface area contributed by atoms with E-state index in [0.717, 1.165) is 12.8 Å². The Bertz CT molecular complexity index is 275. The Morgan fingerprint density at radius 1 is 1.19 bits per heavy atom. The second-order valence-electron chi connectivity index (χ2n) is 3.83. The van der Waals surface area contributed by atoms with Gasteiger partial charge in [0.1, 0.15) is 0 Å². The Morgan fingerprint density at radius 2 is 1.81 bits per heavy atom. The first-order chi connectivity index (χ1) is 7.77. The average Bonchev–Trinajstić information content (AvgIpc) is 2.35. The van der Waals surface area contributed by atoms with Crippen molar-refractivity contribution in [3.05, 3.63) is 30.3 Å². The number of rotatable bonds is 7. The van der Waals surface area contributed by atoms with Crippen LogP contribution >= 0.6 is 0 Å². The van der Waals surface area contributed by atoms with Crippen LogP contribution in [0, 0.1) is 5.92 Å². The average molecular weight is 222 g/mol. The predicted molar refractivity (Wildman–Crippen MR) is 65.2 cm³/mol. The lowest BCUT2D eigenvalue weighted by Crippen LogP contribution is -2.34. The molecule has 1 aromatic carbocycles. The van der Waals surface area contributed by atoms with Crippen molar-refractivity contribution >= 4 is 12.6 Å². The topological polar surface area (TPSA) is 38.7 Å². The Morgan fingerprint density at radius 3 is 2.38 bits per heavy atom. The Labute approximate surface area is 97.5 Å². The van der Waals surface area contributed by atoms with Crippen molar-refractivity contribution in [1.29, 1.82) is 0 Å². The van der Waals surface area contributed by atoms with Crippen LogP contribution in [0.25, 0.3) is 0 Å². The summed E-state index contributed by atoms with van der Waals surface area (Å²) in [6.45, 7) is 4.76. The molecule has 0 heterocycles. The molecule has 4 heteroatoms. The fourth-order valence-electron chi connectivity index (χ4n) is 1.40. The summed E-state index contributed by atoms with van der Waals surface area (Å²) in [4.78, 5) is 9.96. The van der Waals surface area contributed by atoms with Crippen molar-refractivity contribution in [2.75, 3.05) is 6.61 Å². The molecular weight excluding hydrogens is 203 g/mol. The van der Waals surface area contributed by atoms with E-state index in [-0.39, 0.29) is 0 Å². The molecule has 1 rings (SSSR count). The largest absolute Gasteiger partial charge is 0.523 e. The third kappa shape index (κ3) is 4.35. The van der Waals surface area contributed by atoms with Crippen molar-refractivity contribution in [2.24, 2.45) is 5.92 Å². The van der Waals surface area contributed by atoms with E-state index in [1.807, 2.05) is 18.2 Å². The zero-order chi connectivity index (χ0) is 11.8. The van der Waals surface area contributed by atoms with E-state index in [9.17, 15) is 5.02 Å². The molecule has 0 unspecified atom stereocenters. The van der Waals surface area contributed by atoms with Crippen LogP contribution in [0.5, 0.6) is 0 Å². The highest BCUT2D eigenvalue weighted by molar-refractivity contribution is 6.59. The highest BCUT2D eigenvalue weighted by Gasteiger charge is 2.17. The maximum atomic E-state index is 9.63. The molecule has 0 atom stereocenters. The second kappa shape index (κ2) is 7.44. The summed E-state index contributed by atoms with van der Waals surface area (Å²) in [5, 5.41) is 9.63. The Kier molecular flexibility index (Phi) is 6.15. The van der Waals surface area contributed by atoms with Crippen LogP contribution in [0.4, 0.5) is 0 Å². The van der Waals surface area contributed by atoms with Crippen LogP contribution in [0.15, 0.2) is 30.3 Å². The molecule has 0 aromatic heterocycles. The van der Waals surface area contributed by atoms with Crippen LogP contribution in [0.1, 0.15) is 26.7 Å². The van der Waals surface area contributed by atoms with Gasteiger partial charge in [0.25, 0.3) is 0 Å². The van der Waals surface area contributed by atoms with Gasteiger partial charge in [-0.1, -0.05) is 57.0 Å². The highest BCUT2D eigenvalue weighted by Crippen LogP contribution is 2.07. The van der Waals surface area contributed by atoms with Gasteiger partial charge in [-0.05, 0) is 11.4 Å². The second-order valence-corrected chi connectivity index (χ2v) is 3.83. The van der Waals surface area contributed by atoms with Gasteiger partial charge in [0.2, 0.25) is 0 Å². The SMILES string of the molecule is CCC(CC)COOB(O)c1ccccc1. The van der Waals surface area contributed by atoms with E-state index in [1.165, 1.54) is 0 Å². The summed E-state index contributed by atoms with van der Waals surface area (Å²) in [7, 11) is -1.00. The predicted octanol–water partition coefficient (Wildman–Crippen LogP) is 1.76. The highest BCUT2D eigenvalue weighted by atomic mass is 17.2. The summed E-state index contributed by atoms with van der Waals surface area (Å²) in [6, 6.07) is 9.18. The fraction of sp³-hybridized carbons (Fsp3) is 0.500. The number of hydrogen-bond donors (Lipinski definition) is 1. The number of hydrogen-bond acceptors (Lipinski definition) is 3. The lowest BCUT2D eigenvalue weighted by atomic mass is 9.80. The Balaban J connectivity index is 2.28. The van der Waals surface area contributed by atoms with Gasteiger partial charge in [-0.25, -0.2) is 4.89 Å². The van der Waals surface area contributed by atoms with Gasteiger partial charge >= 0.3 is 7.12 Å². The molecular formula is C12H19BO3. The summed E-state index contributed by atoms with van der Waals surface area (Å²) in [5.41, 5.74) is 0.701. The zero-order valence-electron chi connectivity index (χ0n) is 9.93. The summed E-state index contributed by atoms with van der Waals surface area (Å²) < 4.78 is 0. The van der Waals surface area contributed by atoms with Crippen molar-refractivity contribution < 1.29 is 14.7 Å². The molecule has 88 valence electrons. The quantitative estimate of drug-likeness (QED) is 0.434. The minimum Gasteiger partial charge on any atom is -0.422 e. The minimum atomic E-state index is -1.00. The first-order valence-electron chi connectivity index (χ1n) is 5.79. The molecule has 0 aliphatic carbocycles. The fourth-order valence-corrected chi connectivity index (χ4v) is 1.40. The third-order valence-electron chi connectivity index (χ3n) is 2.70. The normalized spacial score (nSPS) is 10.8. The van der Waals surface area contributed by atoms with Crippen LogP contribution < -0.4 is 5.46 Å². The van der Waals surface area contributed by atoms with Gasteiger partial charge in [-0.2, -0.15) is 0 Å². The van der Waals surface area contributed by atoms with E-state index in [0.29, 0.717) is 18.0 Å². The first kappa shape index (κ1) is 13.2.